The van der Waals surface area contributed by atoms with Gasteiger partial charge in [0.25, 0.3) is 0 Å². The topological polar surface area (TPSA) is 72.9 Å². The maximum atomic E-state index is 12.1. The van der Waals surface area contributed by atoms with E-state index in [0.717, 1.165) is 24.3 Å². The van der Waals surface area contributed by atoms with E-state index in [-0.39, 0.29) is 11.9 Å². The summed E-state index contributed by atoms with van der Waals surface area (Å²) < 4.78 is 1.66. The molecule has 1 amide bonds. The molecule has 0 aromatic carbocycles. The molecule has 0 saturated heterocycles. The van der Waals surface area contributed by atoms with Crippen molar-refractivity contribution in [3.63, 3.8) is 0 Å². The molecular formula is C14H24N4O. The highest BCUT2D eigenvalue weighted by Gasteiger charge is 2.24. The van der Waals surface area contributed by atoms with Gasteiger partial charge in [-0.15, -0.1) is 0 Å². The fraction of sp³-hybridized carbons (Fsp3) is 0.714. The third-order valence-electron chi connectivity index (χ3n) is 4.14. The number of nitrogens with zero attached hydrogens (tertiary/aromatic N) is 2. The second-order valence-corrected chi connectivity index (χ2v) is 5.56. The van der Waals surface area contributed by atoms with Gasteiger partial charge in [-0.1, -0.05) is 13.3 Å². The standard InChI is InChI=1S/C14H24N4O/c1-3-10-4-6-12(7-5-10)17-14(19)13(15)11-8-16-18(2)9-11/h8-10,12-13H,3-7,15H2,1-2H3,(H,17,19). The molecule has 1 heterocycles. The number of nitrogens with two attached hydrogens (primary N) is 1. The molecule has 0 bridgehead atoms. The molecule has 1 aromatic rings. The van der Waals surface area contributed by atoms with Crippen LogP contribution in [0.5, 0.6) is 0 Å². The quantitative estimate of drug-likeness (QED) is 0.865. The van der Waals surface area contributed by atoms with E-state index >= 15 is 0 Å². The molecule has 19 heavy (non-hydrogen) atoms. The van der Waals surface area contributed by atoms with Crippen LogP contribution in [0.2, 0.25) is 0 Å². The minimum atomic E-state index is -0.613. The minimum absolute atomic E-state index is 0.0899. The molecule has 0 spiro atoms. The summed E-state index contributed by atoms with van der Waals surface area (Å²) in [4.78, 5) is 12.1. The van der Waals surface area contributed by atoms with Crippen molar-refractivity contribution in [2.75, 3.05) is 0 Å². The van der Waals surface area contributed by atoms with Gasteiger partial charge < -0.3 is 11.1 Å². The molecule has 0 radical (unpaired) electrons. The highest BCUT2D eigenvalue weighted by Crippen LogP contribution is 2.26. The van der Waals surface area contributed by atoms with E-state index in [0.29, 0.717) is 0 Å². The number of aromatic nitrogens is 2. The highest BCUT2D eigenvalue weighted by molar-refractivity contribution is 5.83. The summed E-state index contributed by atoms with van der Waals surface area (Å²) >= 11 is 0. The third-order valence-corrected chi connectivity index (χ3v) is 4.14. The monoisotopic (exact) mass is 264 g/mol. The van der Waals surface area contributed by atoms with Crippen LogP contribution in [-0.2, 0) is 11.8 Å². The zero-order chi connectivity index (χ0) is 13.8. The van der Waals surface area contributed by atoms with Gasteiger partial charge >= 0.3 is 0 Å². The Bertz CT molecular complexity index is 421. The zero-order valence-corrected chi connectivity index (χ0v) is 11.8. The molecule has 1 atom stereocenters. The number of rotatable bonds is 4. The number of carbonyl (C=O) groups is 1. The molecule has 5 nitrogen and oxygen atoms in total. The van der Waals surface area contributed by atoms with Crippen LogP contribution in [0.3, 0.4) is 0 Å². The van der Waals surface area contributed by atoms with Crippen molar-refractivity contribution in [2.45, 2.75) is 51.1 Å². The summed E-state index contributed by atoms with van der Waals surface area (Å²) in [6.07, 6.45) is 9.26. The van der Waals surface area contributed by atoms with Gasteiger partial charge in [0, 0.05) is 24.8 Å². The van der Waals surface area contributed by atoms with E-state index in [4.69, 9.17) is 5.73 Å². The number of amides is 1. The van der Waals surface area contributed by atoms with Gasteiger partial charge in [-0.05, 0) is 31.6 Å². The lowest BCUT2D eigenvalue weighted by Crippen LogP contribution is -2.42. The van der Waals surface area contributed by atoms with Crippen molar-refractivity contribution in [3.05, 3.63) is 18.0 Å². The largest absolute Gasteiger partial charge is 0.352 e. The first-order valence-corrected chi connectivity index (χ1v) is 7.14. The van der Waals surface area contributed by atoms with Gasteiger partial charge in [-0.25, -0.2) is 0 Å². The van der Waals surface area contributed by atoms with Crippen molar-refractivity contribution >= 4 is 5.91 Å². The predicted octanol–water partition coefficient (Wildman–Crippen LogP) is 1.50. The second-order valence-electron chi connectivity index (χ2n) is 5.56. The smallest absolute Gasteiger partial charge is 0.241 e. The van der Waals surface area contributed by atoms with E-state index in [2.05, 4.69) is 17.3 Å². The summed E-state index contributed by atoms with van der Waals surface area (Å²) in [6, 6.07) is -0.323. The lowest BCUT2D eigenvalue weighted by atomic mass is 9.84. The van der Waals surface area contributed by atoms with Gasteiger partial charge in [-0.3, -0.25) is 9.48 Å². The first kappa shape index (κ1) is 14.1. The summed E-state index contributed by atoms with van der Waals surface area (Å²) in [5.74, 6) is 0.744. The first-order valence-electron chi connectivity index (χ1n) is 7.14. The lowest BCUT2D eigenvalue weighted by Gasteiger charge is -2.29. The summed E-state index contributed by atoms with van der Waals surface area (Å²) in [5.41, 5.74) is 6.72. The third kappa shape index (κ3) is 3.56. The van der Waals surface area contributed by atoms with Crippen molar-refractivity contribution in [3.8, 4) is 0 Å². The van der Waals surface area contributed by atoms with E-state index in [1.807, 2.05) is 7.05 Å². The van der Waals surface area contributed by atoms with Gasteiger partial charge in [-0.2, -0.15) is 5.10 Å². The van der Waals surface area contributed by atoms with E-state index < -0.39 is 6.04 Å². The Kier molecular flexibility index (Phi) is 4.58. The molecule has 1 saturated carbocycles. The van der Waals surface area contributed by atoms with Crippen molar-refractivity contribution in [1.82, 2.24) is 15.1 Å². The maximum Gasteiger partial charge on any atom is 0.241 e. The number of hydrogen-bond acceptors (Lipinski definition) is 3. The summed E-state index contributed by atoms with van der Waals surface area (Å²) in [5, 5.41) is 7.11. The predicted molar refractivity (Wildman–Crippen MR) is 74.3 cm³/mol. The van der Waals surface area contributed by atoms with Crippen LogP contribution in [0.4, 0.5) is 0 Å². The number of aryl methyl sites for hydroxylation is 1. The lowest BCUT2D eigenvalue weighted by molar-refractivity contribution is -0.123. The number of hydrogen-bond donors (Lipinski definition) is 2. The average molecular weight is 264 g/mol. The molecule has 3 N–H and O–H groups in total. The fourth-order valence-electron chi connectivity index (χ4n) is 2.76. The summed E-state index contributed by atoms with van der Waals surface area (Å²) in [6.45, 7) is 2.24. The van der Waals surface area contributed by atoms with Crippen LogP contribution in [0, 0.1) is 5.92 Å². The van der Waals surface area contributed by atoms with Crippen molar-refractivity contribution in [2.24, 2.45) is 18.7 Å². The van der Waals surface area contributed by atoms with E-state index in [1.54, 1.807) is 17.1 Å². The summed E-state index contributed by atoms with van der Waals surface area (Å²) in [7, 11) is 1.82. The average Bonchev–Trinajstić information content (AvgIpc) is 2.85. The molecule has 1 aromatic heterocycles. The van der Waals surface area contributed by atoms with Crippen LogP contribution in [0.25, 0.3) is 0 Å². The zero-order valence-electron chi connectivity index (χ0n) is 11.8. The molecule has 1 fully saturated rings. The highest BCUT2D eigenvalue weighted by atomic mass is 16.2. The van der Waals surface area contributed by atoms with Crippen LogP contribution < -0.4 is 11.1 Å². The van der Waals surface area contributed by atoms with Gasteiger partial charge in [0.2, 0.25) is 5.91 Å². The van der Waals surface area contributed by atoms with E-state index in [1.165, 1.54) is 19.3 Å². The first-order chi connectivity index (χ1) is 9.10. The van der Waals surface area contributed by atoms with Gasteiger partial charge in [0.15, 0.2) is 0 Å². The van der Waals surface area contributed by atoms with Crippen molar-refractivity contribution < 1.29 is 4.79 Å². The molecule has 1 aliphatic rings. The van der Waals surface area contributed by atoms with Crippen LogP contribution in [0.15, 0.2) is 12.4 Å². The van der Waals surface area contributed by atoms with Gasteiger partial charge in [0.1, 0.15) is 6.04 Å². The van der Waals surface area contributed by atoms with Gasteiger partial charge in [0.05, 0.1) is 6.20 Å². The molecule has 2 rings (SSSR count). The normalized spacial score (nSPS) is 25.0. The maximum absolute atomic E-state index is 12.1. The van der Waals surface area contributed by atoms with E-state index in [9.17, 15) is 4.79 Å². The Balaban J connectivity index is 1.84. The second kappa shape index (κ2) is 6.19. The minimum Gasteiger partial charge on any atom is -0.352 e. The number of carbonyl (C=O) groups excluding carboxylic acids is 1. The Morgan fingerprint density at radius 2 is 2.21 bits per heavy atom. The molecule has 1 unspecified atom stereocenters. The molecule has 106 valence electrons. The molecule has 5 heteroatoms. The Morgan fingerprint density at radius 3 is 2.74 bits per heavy atom. The Hall–Kier alpha value is -1.36. The number of nitrogens with one attached hydrogen (secondary N) is 1. The van der Waals surface area contributed by atoms with Crippen LogP contribution in [0.1, 0.15) is 50.6 Å². The SMILES string of the molecule is CCC1CCC(NC(=O)C(N)c2cnn(C)c2)CC1. The van der Waals surface area contributed by atoms with Crippen molar-refractivity contribution in [1.29, 1.82) is 0 Å². The van der Waals surface area contributed by atoms with Crippen LogP contribution in [-0.4, -0.2) is 21.7 Å². The molecular weight excluding hydrogens is 240 g/mol. The van der Waals surface area contributed by atoms with Crippen LogP contribution >= 0.6 is 0 Å². The Labute approximate surface area is 114 Å². The Morgan fingerprint density at radius 1 is 1.53 bits per heavy atom. The molecule has 0 aliphatic heterocycles. The molecule has 1 aliphatic carbocycles. The fourth-order valence-corrected chi connectivity index (χ4v) is 2.76.